The molecule has 0 atom stereocenters. The van der Waals surface area contributed by atoms with Crippen LogP contribution in [0.5, 0.6) is 0 Å². The van der Waals surface area contributed by atoms with E-state index in [4.69, 9.17) is 4.98 Å². The van der Waals surface area contributed by atoms with Gasteiger partial charge in [0.05, 0.1) is 11.3 Å². The maximum absolute atomic E-state index is 12.4. The maximum atomic E-state index is 12.4. The number of pyridine rings is 1. The summed E-state index contributed by atoms with van der Waals surface area (Å²) >= 11 is 1.53. The molecule has 1 amide bonds. The zero-order valence-electron chi connectivity index (χ0n) is 15.4. The Morgan fingerprint density at radius 2 is 2.07 bits per heavy atom. The molecule has 1 aliphatic rings. The summed E-state index contributed by atoms with van der Waals surface area (Å²) in [4.78, 5) is 19.1. The summed E-state index contributed by atoms with van der Waals surface area (Å²) in [6, 6.07) is 9.98. The fraction of sp³-hybridized carbons (Fsp3) is 0.286. The van der Waals surface area contributed by atoms with E-state index < -0.39 is 0 Å². The predicted octanol–water partition coefficient (Wildman–Crippen LogP) is 4.19. The maximum Gasteiger partial charge on any atom is 0.227 e. The van der Waals surface area contributed by atoms with Gasteiger partial charge in [0.2, 0.25) is 5.91 Å². The third-order valence-electron chi connectivity index (χ3n) is 4.78. The van der Waals surface area contributed by atoms with E-state index in [0.29, 0.717) is 6.42 Å². The molecule has 3 aromatic rings. The summed E-state index contributed by atoms with van der Waals surface area (Å²) in [5.74, 6) is 0.197. The average Bonchev–Trinajstić information content (AvgIpc) is 3.06. The lowest BCUT2D eigenvalue weighted by molar-refractivity contribution is -0.604. The van der Waals surface area contributed by atoms with Crippen molar-refractivity contribution >= 4 is 22.9 Å². The summed E-state index contributed by atoms with van der Waals surface area (Å²) < 4.78 is 0.788. The topological polar surface area (TPSA) is 60.1 Å². The Labute approximate surface area is 162 Å². The first-order valence-electron chi connectivity index (χ1n) is 9.13. The number of carbonyl (C=O) groups excluding carboxylic acids is 1. The van der Waals surface area contributed by atoms with Crippen LogP contribution in [0.15, 0.2) is 48.1 Å². The Bertz CT molecular complexity index is 997. The van der Waals surface area contributed by atoms with Gasteiger partial charge in [-0.25, -0.2) is 4.98 Å². The van der Waals surface area contributed by atoms with Crippen LogP contribution in [0.3, 0.4) is 0 Å². The van der Waals surface area contributed by atoms with Gasteiger partial charge in [0, 0.05) is 35.2 Å². The lowest BCUT2D eigenvalue weighted by Crippen LogP contribution is -2.36. The minimum absolute atomic E-state index is 0.142. The fourth-order valence-electron chi connectivity index (χ4n) is 3.55. The third kappa shape index (κ3) is 3.45. The molecular formula is C21H21N3O2S. The number of carbonyl (C=O) groups is 1. The molecule has 0 unspecified atom stereocenters. The largest absolute Gasteiger partial charge is 0.619 e. The van der Waals surface area contributed by atoms with Crippen molar-refractivity contribution in [3.8, 4) is 21.8 Å². The number of rotatable bonds is 3. The van der Waals surface area contributed by atoms with E-state index in [-0.39, 0.29) is 11.9 Å². The lowest BCUT2D eigenvalue weighted by atomic mass is 10.0. The van der Waals surface area contributed by atoms with Gasteiger partial charge in [0.25, 0.3) is 0 Å². The molecule has 3 heterocycles. The quantitative estimate of drug-likeness (QED) is 0.506. The smallest absolute Gasteiger partial charge is 0.227 e. The van der Waals surface area contributed by atoms with Crippen molar-refractivity contribution < 1.29 is 9.52 Å². The number of fused-ring (bicyclic) bond motifs is 1. The fourth-order valence-corrected chi connectivity index (χ4v) is 4.37. The first kappa shape index (κ1) is 17.7. The summed E-state index contributed by atoms with van der Waals surface area (Å²) in [5.41, 5.74) is 4.96. The highest BCUT2D eigenvalue weighted by molar-refractivity contribution is 7.13. The van der Waals surface area contributed by atoms with Crippen LogP contribution < -0.4 is 9.63 Å². The van der Waals surface area contributed by atoms with Gasteiger partial charge in [-0.15, -0.1) is 11.3 Å². The van der Waals surface area contributed by atoms with Gasteiger partial charge >= 0.3 is 0 Å². The molecule has 5 nitrogen and oxygen atoms in total. The van der Waals surface area contributed by atoms with Crippen LogP contribution in [0.2, 0.25) is 0 Å². The standard InChI is InChI=1S/C21H21N3O2S/c1-14(2)24-19-9-8-15(11-16(19)5-3-7-20(24)25)18-13-27-21(22-18)17-6-4-10-23(26)12-17/h4,6,8-14H,3,5,7H2,1-2H3. The zero-order chi connectivity index (χ0) is 19.0. The summed E-state index contributed by atoms with van der Waals surface area (Å²) in [6.07, 6.45) is 5.35. The van der Waals surface area contributed by atoms with E-state index in [1.807, 2.05) is 28.5 Å². The molecule has 27 heavy (non-hydrogen) atoms. The second-order valence-corrected chi connectivity index (χ2v) is 7.90. The molecule has 6 heteroatoms. The van der Waals surface area contributed by atoms with Gasteiger partial charge in [-0.3, -0.25) is 4.79 Å². The number of amides is 1. The molecule has 2 aromatic heterocycles. The van der Waals surface area contributed by atoms with Crippen molar-refractivity contribution in [2.75, 3.05) is 4.90 Å². The van der Waals surface area contributed by atoms with Crippen LogP contribution in [0.25, 0.3) is 21.8 Å². The van der Waals surface area contributed by atoms with Crippen LogP contribution >= 0.6 is 11.3 Å². The number of nitrogens with zero attached hydrogens (tertiary/aromatic N) is 3. The van der Waals surface area contributed by atoms with Gasteiger partial charge in [0.15, 0.2) is 12.4 Å². The second kappa shape index (κ2) is 7.12. The van der Waals surface area contributed by atoms with Gasteiger partial charge in [0.1, 0.15) is 5.01 Å². The van der Waals surface area contributed by atoms with Gasteiger partial charge in [-0.05, 0) is 50.5 Å². The van der Waals surface area contributed by atoms with Crippen LogP contribution in [-0.2, 0) is 11.2 Å². The minimum atomic E-state index is 0.142. The molecule has 0 spiro atoms. The molecule has 0 radical (unpaired) electrons. The predicted molar refractivity (Wildman–Crippen MR) is 108 cm³/mol. The van der Waals surface area contributed by atoms with E-state index in [1.54, 1.807) is 6.07 Å². The zero-order valence-corrected chi connectivity index (χ0v) is 16.2. The first-order valence-corrected chi connectivity index (χ1v) is 10.0. The number of thiazole rings is 1. The van der Waals surface area contributed by atoms with Crippen LogP contribution in [0, 0.1) is 5.21 Å². The lowest BCUT2D eigenvalue weighted by Gasteiger charge is -2.27. The Hall–Kier alpha value is -2.73. The highest BCUT2D eigenvalue weighted by Crippen LogP contribution is 2.34. The number of anilines is 1. The van der Waals surface area contributed by atoms with Crippen LogP contribution in [0.1, 0.15) is 32.3 Å². The molecule has 1 aromatic carbocycles. The molecular weight excluding hydrogens is 358 g/mol. The highest BCUT2D eigenvalue weighted by Gasteiger charge is 2.24. The minimum Gasteiger partial charge on any atom is -0.619 e. The molecule has 1 aliphatic heterocycles. The average molecular weight is 379 g/mol. The van der Waals surface area contributed by atoms with E-state index in [2.05, 4.69) is 19.9 Å². The van der Waals surface area contributed by atoms with Crippen LogP contribution in [-0.4, -0.2) is 16.9 Å². The van der Waals surface area contributed by atoms with Crippen molar-refractivity contribution in [2.24, 2.45) is 0 Å². The molecule has 0 aliphatic carbocycles. The molecule has 0 N–H and O–H groups in total. The monoisotopic (exact) mass is 379 g/mol. The normalized spacial score (nSPS) is 14.3. The van der Waals surface area contributed by atoms with Gasteiger partial charge in [-0.2, -0.15) is 4.73 Å². The Morgan fingerprint density at radius 3 is 2.85 bits per heavy atom. The number of hydrogen-bond acceptors (Lipinski definition) is 4. The van der Waals surface area contributed by atoms with Crippen molar-refractivity contribution in [1.82, 2.24) is 4.98 Å². The summed E-state index contributed by atoms with van der Waals surface area (Å²) in [5, 5.41) is 14.3. The number of aryl methyl sites for hydroxylation is 1. The Morgan fingerprint density at radius 1 is 1.22 bits per heavy atom. The van der Waals surface area contributed by atoms with Crippen molar-refractivity contribution in [3.63, 3.8) is 0 Å². The van der Waals surface area contributed by atoms with E-state index in [0.717, 1.165) is 45.1 Å². The van der Waals surface area contributed by atoms with E-state index in [1.165, 1.54) is 29.3 Å². The third-order valence-corrected chi connectivity index (χ3v) is 5.67. The van der Waals surface area contributed by atoms with Crippen molar-refractivity contribution in [2.45, 2.75) is 39.2 Å². The Balaban J connectivity index is 1.70. The number of hydrogen-bond donors (Lipinski definition) is 0. The second-order valence-electron chi connectivity index (χ2n) is 7.04. The first-order chi connectivity index (χ1) is 13.0. The van der Waals surface area contributed by atoms with E-state index >= 15 is 0 Å². The molecule has 4 rings (SSSR count). The summed E-state index contributed by atoms with van der Waals surface area (Å²) in [7, 11) is 0. The number of aromatic nitrogens is 2. The van der Waals surface area contributed by atoms with Crippen molar-refractivity contribution in [3.05, 3.63) is 58.9 Å². The number of benzene rings is 1. The van der Waals surface area contributed by atoms with Gasteiger partial charge < -0.3 is 10.1 Å². The SMILES string of the molecule is CC(C)N1C(=O)CCCc2cc(-c3csc(-c4ccc[n+]([O-])c4)n3)ccc21. The Kier molecular flexibility index (Phi) is 4.66. The molecule has 0 bridgehead atoms. The molecule has 0 saturated heterocycles. The molecule has 0 saturated carbocycles. The molecule has 0 fully saturated rings. The van der Waals surface area contributed by atoms with E-state index in [9.17, 15) is 10.0 Å². The highest BCUT2D eigenvalue weighted by atomic mass is 32.1. The van der Waals surface area contributed by atoms with Crippen LogP contribution in [0.4, 0.5) is 5.69 Å². The summed E-state index contributed by atoms with van der Waals surface area (Å²) in [6.45, 7) is 4.10. The van der Waals surface area contributed by atoms with Gasteiger partial charge in [-0.1, -0.05) is 6.07 Å². The van der Waals surface area contributed by atoms with Crippen molar-refractivity contribution in [1.29, 1.82) is 0 Å². The molecule has 138 valence electrons.